The minimum atomic E-state index is 0.122. The summed E-state index contributed by atoms with van der Waals surface area (Å²) in [5, 5.41) is 11.2. The van der Waals surface area contributed by atoms with E-state index in [-0.39, 0.29) is 6.61 Å². The van der Waals surface area contributed by atoms with Crippen LogP contribution in [-0.2, 0) is 0 Å². The van der Waals surface area contributed by atoms with Gasteiger partial charge in [-0.3, -0.25) is 0 Å². The maximum atomic E-state index is 8.43. The Kier molecular flexibility index (Phi) is 3.09. The van der Waals surface area contributed by atoms with Gasteiger partial charge >= 0.3 is 0 Å². The van der Waals surface area contributed by atoms with Crippen LogP contribution in [0.15, 0.2) is 5.38 Å². The van der Waals surface area contributed by atoms with Crippen molar-refractivity contribution < 1.29 is 5.11 Å². The molecule has 0 amide bonds. The van der Waals surface area contributed by atoms with Gasteiger partial charge in [0.25, 0.3) is 0 Å². The average molecular weight is 167 g/mol. The molecule has 0 saturated heterocycles. The molecule has 0 aromatic carbocycles. The van der Waals surface area contributed by atoms with E-state index in [0.29, 0.717) is 6.42 Å². The molecule has 1 aromatic heterocycles. The molecule has 1 heterocycles. The molecule has 58 valence electrons. The van der Waals surface area contributed by atoms with Crippen LogP contribution in [0.4, 0.5) is 0 Å². The normalized spacial score (nSPS) is 8.91. The molecule has 1 N–H and O–H groups in total. The lowest BCUT2D eigenvalue weighted by Gasteiger charge is -1.77. The Hall–Kier alpha value is -0.850. The van der Waals surface area contributed by atoms with Crippen molar-refractivity contribution in [3.8, 4) is 11.8 Å². The molecule has 0 radical (unpaired) electrons. The first kappa shape index (κ1) is 8.25. The van der Waals surface area contributed by atoms with E-state index < -0.39 is 0 Å². The van der Waals surface area contributed by atoms with Gasteiger partial charge in [-0.05, 0) is 12.8 Å². The zero-order valence-corrected chi connectivity index (χ0v) is 7.11. The first-order chi connectivity index (χ1) is 5.33. The standard InChI is InChI=1S/C8H9NOS/c1-7-6-11-8(9-7)4-2-3-5-10/h6,10H,3,5H2,1H3. The summed E-state index contributed by atoms with van der Waals surface area (Å²) in [4.78, 5) is 4.15. The van der Waals surface area contributed by atoms with Gasteiger partial charge in [0.15, 0.2) is 5.01 Å². The first-order valence-electron chi connectivity index (χ1n) is 3.35. The van der Waals surface area contributed by atoms with Gasteiger partial charge in [0, 0.05) is 17.5 Å². The van der Waals surface area contributed by atoms with Crippen molar-refractivity contribution in [3.05, 3.63) is 16.1 Å². The summed E-state index contributed by atoms with van der Waals surface area (Å²) in [5.41, 5.74) is 1.00. The fourth-order valence-corrected chi connectivity index (χ4v) is 1.27. The number of aliphatic hydroxyl groups is 1. The molecule has 11 heavy (non-hydrogen) atoms. The third-order valence-corrected chi connectivity index (χ3v) is 1.93. The van der Waals surface area contributed by atoms with Gasteiger partial charge in [0.05, 0.1) is 6.61 Å². The van der Waals surface area contributed by atoms with E-state index in [1.54, 1.807) is 0 Å². The third kappa shape index (κ3) is 2.71. The van der Waals surface area contributed by atoms with Crippen molar-refractivity contribution in [1.82, 2.24) is 4.98 Å². The number of aliphatic hydroxyl groups excluding tert-OH is 1. The van der Waals surface area contributed by atoms with E-state index in [4.69, 9.17) is 5.11 Å². The number of rotatable bonds is 1. The molecule has 0 saturated carbocycles. The van der Waals surface area contributed by atoms with Crippen LogP contribution in [0.5, 0.6) is 0 Å². The first-order valence-corrected chi connectivity index (χ1v) is 4.23. The molecule has 0 aliphatic carbocycles. The number of aryl methyl sites for hydroxylation is 1. The fourth-order valence-electron chi connectivity index (χ4n) is 0.605. The summed E-state index contributed by atoms with van der Waals surface area (Å²) in [5.74, 6) is 5.68. The van der Waals surface area contributed by atoms with Crippen LogP contribution in [0.1, 0.15) is 17.1 Å². The van der Waals surface area contributed by atoms with Gasteiger partial charge in [-0.25, -0.2) is 4.98 Å². The van der Waals surface area contributed by atoms with Gasteiger partial charge in [-0.1, -0.05) is 5.92 Å². The largest absolute Gasteiger partial charge is 0.395 e. The monoisotopic (exact) mass is 167 g/mol. The summed E-state index contributed by atoms with van der Waals surface area (Å²) < 4.78 is 0. The maximum Gasteiger partial charge on any atom is 0.167 e. The van der Waals surface area contributed by atoms with E-state index in [2.05, 4.69) is 16.8 Å². The number of hydrogen-bond acceptors (Lipinski definition) is 3. The summed E-state index contributed by atoms with van der Waals surface area (Å²) >= 11 is 1.53. The molecular weight excluding hydrogens is 158 g/mol. The lowest BCUT2D eigenvalue weighted by molar-refractivity contribution is 0.305. The van der Waals surface area contributed by atoms with E-state index in [0.717, 1.165) is 10.7 Å². The van der Waals surface area contributed by atoms with Gasteiger partial charge in [0.1, 0.15) is 0 Å². The highest BCUT2D eigenvalue weighted by atomic mass is 32.1. The summed E-state index contributed by atoms with van der Waals surface area (Å²) in [6, 6.07) is 0. The number of hydrogen-bond donors (Lipinski definition) is 1. The predicted octanol–water partition coefficient (Wildman–Crippen LogP) is 1.19. The summed E-state index contributed by atoms with van der Waals surface area (Å²) in [6.07, 6.45) is 0.526. The van der Waals surface area contributed by atoms with Crippen LogP contribution in [0.2, 0.25) is 0 Å². The Bertz CT molecular complexity index is 282. The predicted molar refractivity (Wildman–Crippen MR) is 45.4 cm³/mol. The second kappa shape index (κ2) is 4.12. The zero-order chi connectivity index (χ0) is 8.10. The number of nitrogens with zero attached hydrogens (tertiary/aromatic N) is 1. The van der Waals surface area contributed by atoms with Gasteiger partial charge in [-0.2, -0.15) is 0 Å². The average Bonchev–Trinajstić information content (AvgIpc) is 2.37. The Morgan fingerprint density at radius 1 is 1.73 bits per heavy atom. The summed E-state index contributed by atoms with van der Waals surface area (Å²) in [7, 11) is 0. The minimum Gasteiger partial charge on any atom is -0.395 e. The Morgan fingerprint density at radius 2 is 2.55 bits per heavy atom. The quantitative estimate of drug-likeness (QED) is 0.637. The molecule has 0 unspecified atom stereocenters. The Labute approximate surface area is 69.9 Å². The van der Waals surface area contributed by atoms with Crippen molar-refractivity contribution in [2.45, 2.75) is 13.3 Å². The lowest BCUT2D eigenvalue weighted by atomic mass is 10.4. The molecule has 1 rings (SSSR count). The molecule has 0 atom stereocenters. The second-order valence-corrected chi connectivity index (χ2v) is 2.93. The van der Waals surface area contributed by atoms with Crippen molar-refractivity contribution in [1.29, 1.82) is 0 Å². The van der Waals surface area contributed by atoms with E-state index in [9.17, 15) is 0 Å². The van der Waals surface area contributed by atoms with Crippen LogP contribution in [0.25, 0.3) is 0 Å². The molecular formula is C8H9NOS. The smallest absolute Gasteiger partial charge is 0.167 e. The highest BCUT2D eigenvalue weighted by molar-refractivity contribution is 7.10. The molecule has 0 fully saturated rings. The Morgan fingerprint density at radius 3 is 3.09 bits per heavy atom. The molecule has 1 aromatic rings. The zero-order valence-electron chi connectivity index (χ0n) is 6.29. The molecule has 3 heteroatoms. The summed E-state index contributed by atoms with van der Waals surface area (Å²) in [6.45, 7) is 2.06. The van der Waals surface area contributed by atoms with Crippen LogP contribution < -0.4 is 0 Å². The minimum absolute atomic E-state index is 0.122. The Balaban J connectivity index is 2.59. The van der Waals surface area contributed by atoms with Crippen molar-refractivity contribution in [2.24, 2.45) is 0 Å². The van der Waals surface area contributed by atoms with Crippen LogP contribution in [-0.4, -0.2) is 16.7 Å². The van der Waals surface area contributed by atoms with E-state index in [1.165, 1.54) is 11.3 Å². The van der Waals surface area contributed by atoms with Gasteiger partial charge < -0.3 is 5.11 Å². The second-order valence-electron chi connectivity index (χ2n) is 2.07. The van der Waals surface area contributed by atoms with Crippen LogP contribution in [0.3, 0.4) is 0 Å². The topological polar surface area (TPSA) is 33.1 Å². The van der Waals surface area contributed by atoms with Crippen LogP contribution in [0, 0.1) is 18.8 Å². The van der Waals surface area contributed by atoms with E-state index >= 15 is 0 Å². The van der Waals surface area contributed by atoms with Crippen molar-refractivity contribution in [2.75, 3.05) is 6.61 Å². The highest BCUT2D eigenvalue weighted by Gasteiger charge is 1.90. The molecule has 0 aliphatic rings. The van der Waals surface area contributed by atoms with Gasteiger partial charge in [0.2, 0.25) is 0 Å². The van der Waals surface area contributed by atoms with Gasteiger partial charge in [-0.15, -0.1) is 11.3 Å². The van der Waals surface area contributed by atoms with E-state index in [1.807, 2.05) is 12.3 Å². The number of thiazole rings is 1. The molecule has 0 aliphatic heterocycles. The molecule has 0 bridgehead atoms. The maximum absolute atomic E-state index is 8.43. The third-order valence-electron chi connectivity index (χ3n) is 1.05. The number of aromatic nitrogens is 1. The molecule has 0 spiro atoms. The van der Waals surface area contributed by atoms with Crippen molar-refractivity contribution >= 4 is 11.3 Å². The van der Waals surface area contributed by atoms with Crippen molar-refractivity contribution in [3.63, 3.8) is 0 Å². The lowest BCUT2D eigenvalue weighted by Crippen LogP contribution is -1.77. The highest BCUT2D eigenvalue weighted by Crippen LogP contribution is 2.06. The SMILES string of the molecule is Cc1csc(C#CCCO)n1. The molecule has 2 nitrogen and oxygen atoms in total. The fraction of sp³-hybridized carbons (Fsp3) is 0.375. The van der Waals surface area contributed by atoms with Crippen LogP contribution >= 0.6 is 11.3 Å².